The number of nitrogens with two attached hydrogens (primary N) is 1. The molecule has 0 saturated carbocycles. The smallest absolute Gasteiger partial charge is 0.193 e. The largest absolute Gasteiger partial charge is 0.398 e. The lowest BCUT2D eigenvalue weighted by atomic mass is 10.0. The van der Waals surface area contributed by atoms with Gasteiger partial charge in [0.05, 0.1) is 0 Å². The number of aryl methyl sites for hydroxylation is 1. The lowest BCUT2D eigenvalue weighted by molar-refractivity contribution is 0.103. The summed E-state index contributed by atoms with van der Waals surface area (Å²) in [7, 11) is 0. The standard InChI is InChI=1S/C14H11F2NO/c1-8-2-3-9(6-13(8)17)14(18)10-4-11(15)7-12(16)5-10/h2-7H,17H2,1H3. The van der Waals surface area contributed by atoms with E-state index in [1.54, 1.807) is 12.1 Å². The minimum Gasteiger partial charge on any atom is -0.398 e. The topological polar surface area (TPSA) is 43.1 Å². The second-order valence-corrected chi connectivity index (χ2v) is 4.06. The number of rotatable bonds is 2. The molecule has 0 saturated heterocycles. The van der Waals surface area contributed by atoms with Crippen molar-refractivity contribution in [3.8, 4) is 0 Å². The van der Waals surface area contributed by atoms with Crippen LogP contribution in [0.2, 0.25) is 0 Å². The quantitative estimate of drug-likeness (QED) is 0.654. The molecule has 2 aromatic carbocycles. The van der Waals surface area contributed by atoms with Crippen LogP contribution >= 0.6 is 0 Å². The molecule has 0 aliphatic heterocycles. The van der Waals surface area contributed by atoms with E-state index in [4.69, 9.17) is 5.73 Å². The Hall–Kier alpha value is -2.23. The highest BCUT2D eigenvalue weighted by Gasteiger charge is 2.12. The summed E-state index contributed by atoms with van der Waals surface area (Å²) in [6.07, 6.45) is 0. The van der Waals surface area contributed by atoms with E-state index >= 15 is 0 Å². The van der Waals surface area contributed by atoms with Crippen LogP contribution in [0, 0.1) is 18.6 Å². The Balaban J connectivity index is 2.44. The third-order valence-corrected chi connectivity index (χ3v) is 2.67. The van der Waals surface area contributed by atoms with E-state index in [2.05, 4.69) is 0 Å². The second kappa shape index (κ2) is 4.56. The van der Waals surface area contributed by atoms with Crippen LogP contribution in [0.1, 0.15) is 21.5 Å². The maximum atomic E-state index is 13.0. The van der Waals surface area contributed by atoms with Crippen LogP contribution in [-0.4, -0.2) is 5.78 Å². The lowest BCUT2D eigenvalue weighted by Crippen LogP contribution is -2.04. The Kier molecular flexibility index (Phi) is 3.10. The summed E-state index contributed by atoms with van der Waals surface area (Å²) < 4.78 is 26.1. The SMILES string of the molecule is Cc1ccc(C(=O)c2cc(F)cc(F)c2)cc1N. The third-order valence-electron chi connectivity index (χ3n) is 2.67. The van der Waals surface area contributed by atoms with Gasteiger partial charge in [-0.25, -0.2) is 8.78 Å². The maximum absolute atomic E-state index is 13.0. The molecular formula is C14H11F2NO. The first-order valence-corrected chi connectivity index (χ1v) is 5.34. The van der Waals surface area contributed by atoms with Gasteiger partial charge in [-0.3, -0.25) is 4.79 Å². The van der Waals surface area contributed by atoms with Crippen molar-refractivity contribution in [1.29, 1.82) is 0 Å². The molecule has 0 fully saturated rings. The summed E-state index contributed by atoms with van der Waals surface area (Å²) >= 11 is 0. The summed E-state index contributed by atoms with van der Waals surface area (Å²) in [5.41, 5.74) is 7.29. The van der Waals surface area contributed by atoms with Gasteiger partial charge in [-0.15, -0.1) is 0 Å². The summed E-state index contributed by atoms with van der Waals surface area (Å²) in [6, 6.07) is 7.50. The first kappa shape index (κ1) is 12.2. The average Bonchev–Trinajstić information content (AvgIpc) is 2.30. The van der Waals surface area contributed by atoms with E-state index in [0.29, 0.717) is 11.3 Å². The van der Waals surface area contributed by atoms with Crippen molar-refractivity contribution in [1.82, 2.24) is 0 Å². The summed E-state index contributed by atoms with van der Waals surface area (Å²) in [5.74, 6) is -2.02. The van der Waals surface area contributed by atoms with E-state index < -0.39 is 17.4 Å². The molecule has 0 aromatic heterocycles. The van der Waals surface area contributed by atoms with E-state index in [1.807, 2.05) is 6.92 Å². The highest BCUT2D eigenvalue weighted by atomic mass is 19.1. The van der Waals surface area contributed by atoms with Crippen molar-refractivity contribution in [3.05, 3.63) is 64.7 Å². The molecule has 0 radical (unpaired) electrons. The monoisotopic (exact) mass is 247 g/mol. The second-order valence-electron chi connectivity index (χ2n) is 4.06. The summed E-state index contributed by atoms with van der Waals surface area (Å²) in [6.45, 7) is 1.81. The van der Waals surface area contributed by atoms with E-state index in [9.17, 15) is 13.6 Å². The van der Waals surface area contributed by atoms with Gasteiger partial charge in [-0.05, 0) is 30.7 Å². The van der Waals surface area contributed by atoms with Gasteiger partial charge in [-0.1, -0.05) is 12.1 Å². The average molecular weight is 247 g/mol. The number of carbonyl (C=O) groups is 1. The summed E-state index contributed by atoms with van der Waals surface area (Å²) in [4.78, 5) is 12.0. The molecule has 18 heavy (non-hydrogen) atoms. The van der Waals surface area contributed by atoms with Crippen LogP contribution in [0.4, 0.5) is 14.5 Å². The lowest BCUT2D eigenvalue weighted by Gasteiger charge is -2.05. The highest BCUT2D eigenvalue weighted by molar-refractivity contribution is 6.09. The van der Waals surface area contributed by atoms with Crippen LogP contribution < -0.4 is 5.73 Å². The molecule has 0 unspecified atom stereocenters. The highest BCUT2D eigenvalue weighted by Crippen LogP contribution is 2.17. The Labute approximate surface area is 103 Å². The molecule has 0 amide bonds. The van der Waals surface area contributed by atoms with Crippen molar-refractivity contribution in [3.63, 3.8) is 0 Å². The van der Waals surface area contributed by atoms with Crippen molar-refractivity contribution in [2.24, 2.45) is 0 Å². The van der Waals surface area contributed by atoms with Crippen molar-refractivity contribution in [2.75, 3.05) is 5.73 Å². The van der Waals surface area contributed by atoms with Crippen molar-refractivity contribution >= 4 is 11.5 Å². The number of hydrogen-bond acceptors (Lipinski definition) is 2. The molecule has 0 bridgehead atoms. The minimum absolute atomic E-state index is 0.0317. The Morgan fingerprint density at radius 3 is 2.17 bits per heavy atom. The zero-order chi connectivity index (χ0) is 13.3. The molecule has 92 valence electrons. The van der Waals surface area contributed by atoms with Gasteiger partial charge in [0.15, 0.2) is 5.78 Å². The fourth-order valence-electron chi connectivity index (χ4n) is 1.63. The third kappa shape index (κ3) is 2.37. The minimum atomic E-state index is -0.779. The number of ketones is 1. The van der Waals surface area contributed by atoms with Crippen LogP contribution in [0.5, 0.6) is 0 Å². The molecule has 2 aromatic rings. The maximum Gasteiger partial charge on any atom is 0.193 e. The first-order chi connectivity index (χ1) is 8.47. The van der Waals surface area contributed by atoms with Crippen LogP contribution in [0.25, 0.3) is 0 Å². The fraction of sp³-hybridized carbons (Fsp3) is 0.0714. The molecule has 4 heteroatoms. The normalized spacial score (nSPS) is 10.4. The zero-order valence-electron chi connectivity index (χ0n) is 9.71. The van der Waals surface area contributed by atoms with Gasteiger partial charge in [-0.2, -0.15) is 0 Å². The predicted molar refractivity (Wildman–Crippen MR) is 65.4 cm³/mol. The number of nitrogen functional groups attached to an aromatic ring is 1. The van der Waals surface area contributed by atoms with Crippen LogP contribution in [-0.2, 0) is 0 Å². The molecular weight excluding hydrogens is 236 g/mol. The van der Waals surface area contributed by atoms with E-state index in [1.165, 1.54) is 6.07 Å². The van der Waals surface area contributed by atoms with Gasteiger partial charge < -0.3 is 5.73 Å². The Bertz CT molecular complexity index is 603. The number of hydrogen-bond donors (Lipinski definition) is 1. The number of benzene rings is 2. The molecule has 0 aliphatic rings. The summed E-state index contributed by atoms with van der Waals surface area (Å²) in [5, 5.41) is 0. The van der Waals surface area contributed by atoms with Crippen LogP contribution in [0.3, 0.4) is 0 Å². The predicted octanol–water partition coefficient (Wildman–Crippen LogP) is 3.09. The van der Waals surface area contributed by atoms with E-state index in [-0.39, 0.29) is 5.56 Å². The molecule has 2 N–H and O–H groups in total. The van der Waals surface area contributed by atoms with Gasteiger partial charge in [0.2, 0.25) is 0 Å². The fourth-order valence-corrected chi connectivity index (χ4v) is 1.63. The van der Waals surface area contributed by atoms with Gasteiger partial charge in [0.1, 0.15) is 11.6 Å². The van der Waals surface area contributed by atoms with E-state index in [0.717, 1.165) is 23.8 Å². The molecule has 0 spiro atoms. The molecule has 2 rings (SSSR count). The van der Waals surface area contributed by atoms with Crippen molar-refractivity contribution < 1.29 is 13.6 Å². The van der Waals surface area contributed by atoms with Gasteiger partial charge in [0, 0.05) is 22.9 Å². The Morgan fingerprint density at radius 1 is 1.00 bits per heavy atom. The van der Waals surface area contributed by atoms with Gasteiger partial charge in [0.25, 0.3) is 0 Å². The molecule has 0 heterocycles. The molecule has 0 atom stereocenters. The molecule has 2 nitrogen and oxygen atoms in total. The zero-order valence-corrected chi connectivity index (χ0v) is 9.71. The van der Waals surface area contributed by atoms with Crippen LogP contribution in [0.15, 0.2) is 36.4 Å². The number of carbonyl (C=O) groups excluding carboxylic acids is 1. The number of halogens is 2. The van der Waals surface area contributed by atoms with Gasteiger partial charge >= 0.3 is 0 Å². The number of anilines is 1. The van der Waals surface area contributed by atoms with Crippen molar-refractivity contribution in [2.45, 2.75) is 6.92 Å². The molecule has 0 aliphatic carbocycles. The first-order valence-electron chi connectivity index (χ1n) is 5.34. The Morgan fingerprint density at radius 2 is 1.61 bits per heavy atom.